The number of rotatable bonds is 4. The third kappa shape index (κ3) is 3.24. The predicted octanol–water partition coefficient (Wildman–Crippen LogP) is 3.11. The second kappa shape index (κ2) is 6.67. The Morgan fingerprint density at radius 1 is 1.29 bits per heavy atom. The van der Waals surface area contributed by atoms with Crippen molar-refractivity contribution in [3.05, 3.63) is 42.1 Å². The Hall–Kier alpha value is -1.69. The molecular formula is C19H24N2O3. The summed E-state index contributed by atoms with van der Waals surface area (Å²) in [4.78, 5) is 2.43. The molecule has 0 unspecified atom stereocenters. The molecule has 0 bridgehead atoms. The van der Waals surface area contributed by atoms with Crippen LogP contribution in [0.15, 0.2) is 40.9 Å². The minimum Gasteiger partial charge on any atom is -0.378 e. The van der Waals surface area contributed by atoms with E-state index in [1.54, 1.807) is 0 Å². The van der Waals surface area contributed by atoms with E-state index in [1.165, 1.54) is 0 Å². The third-order valence-electron chi connectivity index (χ3n) is 4.92. The summed E-state index contributed by atoms with van der Waals surface area (Å²) in [7, 11) is 0. The topological polar surface area (TPSA) is 47.7 Å². The van der Waals surface area contributed by atoms with Crippen LogP contribution in [0, 0.1) is 0 Å². The largest absolute Gasteiger partial charge is 0.378 e. The zero-order valence-electron chi connectivity index (χ0n) is 14.1. The highest BCUT2D eigenvalue weighted by molar-refractivity contribution is 5.56. The molecule has 3 heterocycles. The molecule has 2 aliphatic heterocycles. The lowest BCUT2D eigenvalue weighted by Gasteiger charge is -2.43. The van der Waals surface area contributed by atoms with Crippen molar-refractivity contribution in [2.75, 3.05) is 26.3 Å². The van der Waals surface area contributed by atoms with Crippen LogP contribution in [-0.2, 0) is 16.0 Å². The van der Waals surface area contributed by atoms with E-state index in [2.05, 4.69) is 17.0 Å². The van der Waals surface area contributed by atoms with Gasteiger partial charge in [-0.25, -0.2) is 0 Å². The number of nitrogens with zero attached hydrogens (tertiary/aromatic N) is 2. The zero-order valence-corrected chi connectivity index (χ0v) is 14.1. The third-order valence-corrected chi connectivity index (χ3v) is 4.92. The quantitative estimate of drug-likeness (QED) is 0.863. The molecule has 128 valence electrons. The average Bonchev–Trinajstić information content (AvgIpc) is 3.25. The van der Waals surface area contributed by atoms with Gasteiger partial charge in [-0.05, 0) is 6.42 Å². The molecule has 5 nitrogen and oxygen atoms in total. The molecule has 1 aromatic heterocycles. The normalized spacial score (nSPS) is 27.8. The molecule has 2 atom stereocenters. The number of ether oxygens (including phenoxy) is 2. The first-order chi connectivity index (χ1) is 11.8. The Balaban J connectivity index is 1.47. The first-order valence-corrected chi connectivity index (χ1v) is 8.75. The second-order valence-corrected chi connectivity index (χ2v) is 6.85. The molecule has 5 heteroatoms. The van der Waals surface area contributed by atoms with E-state index >= 15 is 0 Å². The molecule has 0 aliphatic carbocycles. The van der Waals surface area contributed by atoms with Gasteiger partial charge >= 0.3 is 0 Å². The maximum absolute atomic E-state index is 6.32. The van der Waals surface area contributed by atoms with Gasteiger partial charge < -0.3 is 14.0 Å². The fraction of sp³-hybridized carbons (Fsp3) is 0.526. The van der Waals surface area contributed by atoms with Gasteiger partial charge in [0.05, 0.1) is 18.4 Å². The fourth-order valence-corrected chi connectivity index (χ4v) is 3.68. The molecule has 0 radical (unpaired) electrons. The lowest BCUT2D eigenvalue weighted by Crippen LogP contribution is -2.55. The van der Waals surface area contributed by atoms with E-state index in [4.69, 9.17) is 14.0 Å². The van der Waals surface area contributed by atoms with E-state index in [0.29, 0.717) is 6.61 Å². The highest BCUT2D eigenvalue weighted by Crippen LogP contribution is 2.32. The summed E-state index contributed by atoms with van der Waals surface area (Å²) in [5, 5.41) is 4.26. The van der Waals surface area contributed by atoms with Crippen LogP contribution in [-0.4, -0.2) is 48.1 Å². The highest BCUT2D eigenvalue weighted by Gasteiger charge is 2.43. The maximum atomic E-state index is 6.32. The van der Waals surface area contributed by atoms with Crippen molar-refractivity contribution in [3.8, 4) is 11.3 Å². The summed E-state index contributed by atoms with van der Waals surface area (Å²) in [5.74, 6) is 0.824. The van der Waals surface area contributed by atoms with Crippen LogP contribution >= 0.6 is 0 Å². The summed E-state index contributed by atoms with van der Waals surface area (Å²) in [6, 6.07) is 12.1. The number of aromatic nitrogens is 1. The molecule has 2 aliphatic rings. The average molecular weight is 328 g/mol. The van der Waals surface area contributed by atoms with Crippen molar-refractivity contribution in [3.63, 3.8) is 0 Å². The van der Waals surface area contributed by atoms with Gasteiger partial charge in [-0.2, -0.15) is 0 Å². The van der Waals surface area contributed by atoms with Gasteiger partial charge in [-0.15, -0.1) is 0 Å². The van der Waals surface area contributed by atoms with Gasteiger partial charge in [-0.1, -0.05) is 42.4 Å². The van der Waals surface area contributed by atoms with Crippen LogP contribution in [0.3, 0.4) is 0 Å². The second-order valence-electron chi connectivity index (χ2n) is 6.85. The molecule has 2 fully saturated rings. The minimum atomic E-state index is -0.134. The molecule has 0 saturated carbocycles. The Bertz CT molecular complexity index is 664. The van der Waals surface area contributed by atoms with E-state index in [-0.39, 0.29) is 11.7 Å². The van der Waals surface area contributed by atoms with Crippen LogP contribution in [0.2, 0.25) is 0 Å². The van der Waals surface area contributed by atoms with Gasteiger partial charge in [0.25, 0.3) is 0 Å². The number of benzene rings is 1. The molecule has 0 amide bonds. The Kier molecular flexibility index (Phi) is 4.39. The monoisotopic (exact) mass is 328 g/mol. The lowest BCUT2D eigenvalue weighted by molar-refractivity contribution is -0.156. The summed E-state index contributed by atoms with van der Waals surface area (Å²) >= 11 is 0. The summed E-state index contributed by atoms with van der Waals surface area (Å²) in [6.45, 7) is 6.31. The van der Waals surface area contributed by atoms with Crippen molar-refractivity contribution in [2.24, 2.45) is 0 Å². The Morgan fingerprint density at radius 3 is 2.92 bits per heavy atom. The summed E-state index contributed by atoms with van der Waals surface area (Å²) in [6.07, 6.45) is 2.27. The van der Waals surface area contributed by atoms with Crippen molar-refractivity contribution >= 4 is 0 Å². The van der Waals surface area contributed by atoms with E-state index in [1.807, 2.05) is 36.4 Å². The Labute approximate surface area is 142 Å². The molecule has 4 rings (SSSR count). The fourth-order valence-electron chi connectivity index (χ4n) is 3.68. The smallest absolute Gasteiger partial charge is 0.167 e. The van der Waals surface area contributed by atoms with Crippen LogP contribution in [0.5, 0.6) is 0 Å². The number of hydrogen-bond acceptors (Lipinski definition) is 5. The van der Waals surface area contributed by atoms with Crippen molar-refractivity contribution in [2.45, 2.75) is 38.0 Å². The molecule has 2 saturated heterocycles. The van der Waals surface area contributed by atoms with Crippen LogP contribution in [0.25, 0.3) is 11.3 Å². The van der Waals surface area contributed by atoms with Gasteiger partial charge in [0.15, 0.2) is 5.76 Å². The summed E-state index contributed by atoms with van der Waals surface area (Å²) in [5.41, 5.74) is 1.90. The SMILES string of the molecule is CC[C@H]1CN(Cc2cc(-c3ccccc3)on2)C[C@]2(CCOC2)O1. The Morgan fingerprint density at radius 2 is 2.17 bits per heavy atom. The van der Waals surface area contributed by atoms with E-state index in [0.717, 1.165) is 56.1 Å². The van der Waals surface area contributed by atoms with Gasteiger partial charge in [0.1, 0.15) is 5.60 Å². The number of hydrogen-bond donors (Lipinski definition) is 0. The van der Waals surface area contributed by atoms with Crippen molar-refractivity contribution < 1.29 is 14.0 Å². The van der Waals surface area contributed by atoms with E-state index < -0.39 is 0 Å². The van der Waals surface area contributed by atoms with Crippen molar-refractivity contribution in [1.82, 2.24) is 10.1 Å². The van der Waals surface area contributed by atoms with Crippen LogP contribution in [0.1, 0.15) is 25.5 Å². The van der Waals surface area contributed by atoms with Gasteiger partial charge in [0.2, 0.25) is 0 Å². The molecular weight excluding hydrogens is 304 g/mol. The molecule has 0 N–H and O–H groups in total. The van der Waals surface area contributed by atoms with Gasteiger partial charge in [-0.3, -0.25) is 4.90 Å². The predicted molar refractivity (Wildman–Crippen MR) is 90.5 cm³/mol. The van der Waals surface area contributed by atoms with Crippen molar-refractivity contribution in [1.29, 1.82) is 0 Å². The first-order valence-electron chi connectivity index (χ1n) is 8.75. The highest BCUT2D eigenvalue weighted by atomic mass is 16.6. The zero-order chi connectivity index (χ0) is 16.4. The van der Waals surface area contributed by atoms with E-state index in [9.17, 15) is 0 Å². The minimum absolute atomic E-state index is 0.134. The van der Waals surface area contributed by atoms with Crippen LogP contribution in [0.4, 0.5) is 0 Å². The first kappa shape index (κ1) is 15.8. The van der Waals surface area contributed by atoms with Gasteiger partial charge in [0, 0.05) is 44.3 Å². The van der Waals surface area contributed by atoms with Crippen LogP contribution < -0.4 is 0 Å². The molecule has 24 heavy (non-hydrogen) atoms. The summed E-state index contributed by atoms with van der Waals surface area (Å²) < 4.78 is 17.5. The standard InChI is InChI=1S/C19H24N2O3/c1-2-17-12-21(13-19(23-17)8-9-22-14-19)11-16-10-18(24-20-16)15-6-4-3-5-7-15/h3-7,10,17H,2,8-9,11-14H2,1H3/t17-,19-/m0/s1. The number of morpholine rings is 1. The molecule has 1 spiro atoms. The maximum Gasteiger partial charge on any atom is 0.167 e. The lowest BCUT2D eigenvalue weighted by atomic mass is 9.98. The molecule has 2 aromatic rings. The molecule has 1 aromatic carbocycles.